The fourth-order valence-corrected chi connectivity index (χ4v) is 3.62. The molecule has 1 atom stereocenters. The molecule has 25 heavy (non-hydrogen) atoms. The Bertz CT molecular complexity index is 608. The van der Waals surface area contributed by atoms with Gasteiger partial charge in [-0.3, -0.25) is 4.79 Å². The summed E-state index contributed by atoms with van der Waals surface area (Å²) in [4.78, 5) is 14.9. The number of amides is 1. The van der Waals surface area contributed by atoms with Crippen LogP contribution in [0.2, 0.25) is 0 Å². The van der Waals surface area contributed by atoms with Crippen molar-refractivity contribution in [3.8, 4) is 0 Å². The summed E-state index contributed by atoms with van der Waals surface area (Å²) in [5.41, 5.74) is 2.42. The topological polar surface area (TPSA) is 32.3 Å². The van der Waals surface area contributed by atoms with Crippen LogP contribution in [0.5, 0.6) is 0 Å². The summed E-state index contributed by atoms with van der Waals surface area (Å²) in [5.74, 6) is 0.986. The fourth-order valence-electron chi connectivity index (χ4n) is 3.62. The average molecular weight is 359 g/mol. The molecular weight excluding hydrogens is 332 g/mol. The van der Waals surface area contributed by atoms with Crippen molar-refractivity contribution in [1.82, 2.24) is 10.2 Å². The average Bonchev–Trinajstić information content (AvgIpc) is 3.10. The van der Waals surface area contributed by atoms with E-state index in [9.17, 15) is 4.79 Å². The summed E-state index contributed by atoms with van der Waals surface area (Å²) in [6, 6.07) is 20.7. The van der Waals surface area contributed by atoms with Gasteiger partial charge in [-0.25, -0.2) is 0 Å². The van der Waals surface area contributed by atoms with E-state index in [0.717, 1.165) is 26.1 Å². The Morgan fingerprint density at radius 3 is 2.16 bits per heavy atom. The van der Waals surface area contributed by atoms with Gasteiger partial charge in [0.2, 0.25) is 5.91 Å². The van der Waals surface area contributed by atoms with Crippen molar-refractivity contribution in [2.24, 2.45) is 5.92 Å². The Balaban J connectivity index is 0.00000225. The van der Waals surface area contributed by atoms with Crippen LogP contribution in [0, 0.1) is 5.92 Å². The van der Waals surface area contributed by atoms with Crippen LogP contribution in [0.1, 0.15) is 29.9 Å². The number of halogens is 1. The number of hydrogen-bond donors (Lipinski definition) is 1. The Kier molecular flexibility index (Phi) is 7.48. The summed E-state index contributed by atoms with van der Waals surface area (Å²) in [5, 5.41) is 3.22. The summed E-state index contributed by atoms with van der Waals surface area (Å²) in [6.45, 7) is 2.77. The van der Waals surface area contributed by atoms with Crippen molar-refractivity contribution in [2.75, 3.05) is 26.7 Å². The van der Waals surface area contributed by atoms with Crippen molar-refractivity contribution in [3.05, 3.63) is 71.8 Å². The number of nitrogens with one attached hydrogen (secondary N) is 1. The number of nitrogens with zero attached hydrogens (tertiary/aromatic N) is 1. The third-order valence-electron chi connectivity index (χ3n) is 4.91. The lowest BCUT2D eigenvalue weighted by molar-refractivity contribution is -0.130. The molecule has 1 aliphatic rings. The summed E-state index contributed by atoms with van der Waals surface area (Å²) >= 11 is 0. The summed E-state index contributed by atoms with van der Waals surface area (Å²) < 4.78 is 0. The first kappa shape index (κ1) is 19.5. The number of carbonyl (C=O) groups is 1. The first-order valence-corrected chi connectivity index (χ1v) is 8.80. The van der Waals surface area contributed by atoms with Gasteiger partial charge >= 0.3 is 0 Å². The molecular formula is C21H27ClN2O. The molecule has 0 bridgehead atoms. The summed E-state index contributed by atoms with van der Waals surface area (Å²) in [7, 11) is 1.98. The second-order valence-corrected chi connectivity index (χ2v) is 6.63. The van der Waals surface area contributed by atoms with Gasteiger partial charge in [-0.2, -0.15) is 0 Å². The third kappa shape index (κ3) is 5.07. The van der Waals surface area contributed by atoms with Crippen LogP contribution >= 0.6 is 12.4 Å². The molecule has 3 nitrogen and oxygen atoms in total. The number of hydrogen-bond acceptors (Lipinski definition) is 2. The lowest BCUT2D eigenvalue weighted by atomic mass is 9.88. The van der Waals surface area contributed by atoms with E-state index in [1.807, 2.05) is 24.1 Å². The Morgan fingerprint density at radius 1 is 1.08 bits per heavy atom. The smallest absolute Gasteiger partial charge is 0.223 e. The maximum Gasteiger partial charge on any atom is 0.223 e. The van der Waals surface area contributed by atoms with E-state index in [-0.39, 0.29) is 24.2 Å². The van der Waals surface area contributed by atoms with Gasteiger partial charge in [0.05, 0.1) is 0 Å². The van der Waals surface area contributed by atoms with Gasteiger partial charge in [-0.05, 0) is 37.1 Å². The standard InChI is InChI=1S/C21H26N2O.ClH/c1-22-15-17-12-13-23(16-17)21(24)14-20(18-8-4-2-5-9-18)19-10-6-3-7-11-19;/h2-11,17,20,22H,12-16H2,1H3;1H. The number of likely N-dealkylation sites (tertiary alicyclic amines) is 1. The molecule has 0 saturated carbocycles. The maximum absolute atomic E-state index is 12.9. The number of carbonyl (C=O) groups excluding carboxylic acids is 1. The van der Waals surface area contributed by atoms with Crippen LogP contribution in [0.15, 0.2) is 60.7 Å². The van der Waals surface area contributed by atoms with Crippen molar-refractivity contribution in [2.45, 2.75) is 18.8 Å². The monoisotopic (exact) mass is 358 g/mol. The molecule has 1 unspecified atom stereocenters. The quantitative estimate of drug-likeness (QED) is 0.854. The highest BCUT2D eigenvalue weighted by Crippen LogP contribution is 2.29. The van der Waals surface area contributed by atoms with Crippen molar-refractivity contribution in [3.63, 3.8) is 0 Å². The van der Waals surface area contributed by atoms with E-state index in [1.54, 1.807) is 0 Å². The Labute approximate surface area is 156 Å². The normalized spacial score (nSPS) is 16.7. The van der Waals surface area contributed by atoms with Gasteiger partial charge in [0.25, 0.3) is 0 Å². The third-order valence-corrected chi connectivity index (χ3v) is 4.91. The van der Waals surface area contributed by atoms with E-state index >= 15 is 0 Å². The molecule has 0 radical (unpaired) electrons. The second kappa shape index (κ2) is 9.59. The largest absolute Gasteiger partial charge is 0.342 e. The minimum atomic E-state index is 0. The first-order chi connectivity index (χ1) is 11.8. The molecule has 2 aromatic rings. The lowest BCUT2D eigenvalue weighted by Gasteiger charge is -2.22. The van der Waals surface area contributed by atoms with Crippen LogP contribution in [-0.2, 0) is 4.79 Å². The second-order valence-electron chi connectivity index (χ2n) is 6.63. The molecule has 1 fully saturated rings. The zero-order valence-corrected chi connectivity index (χ0v) is 15.5. The minimum Gasteiger partial charge on any atom is -0.342 e. The highest BCUT2D eigenvalue weighted by atomic mass is 35.5. The molecule has 2 aromatic carbocycles. The van der Waals surface area contributed by atoms with Gasteiger partial charge in [0, 0.05) is 25.4 Å². The molecule has 1 N–H and O–H groups in total. The van der Waals surface area contributed by atoms with Gasteiger partial charge in [0.15, 0.2) is 0 Å². The van der Waals surface area contributed by atoms with Crippen LogP contribution in [0.4, 0.5) is 0 Å². The van der Waals surface area contributed by atoms with E-state index in [0.29, 0.717) is 12.3 Å². The van der Waals surface area contributed by atoms with Crippen molar-refractivity contribution in [1.29, 1.82) is 0 Å². The molecule has 0 aromatic heterocycles. The van der Waals surface area contributed by atoms with Crippen LogP contribution in [0.3, 0.4) is 0 Å². The summed E-state index contributed by atoms with van der Waals surface area (Å²) in [6.07, 6.45) is 1.65. The van der Waals surface area contributed by atoms with Gasteiger partial charge in [-0.1, -0.05) is 60.7 Å². The highest BCUT2D eigenvalue weighted by Gasteiger charge is 2.28. The maximum atomic E-state index is 12.9. The van der Waals surface area contributed by atoms with E-state index < -0.39 is 0 Å². The molecule has 1 saturated heterocycles. The molecule has 1 amide bonds. The van der Waals surface area contributed by atoms with Crippen molar-refractivity contribution < 1.29 is 4.79 Å². The highest BCUT2D eigenvalue weighted by molar-refractivity contribution is 5.85. The minimum absolute atomic E-state index is 0. The Hall–Kier alpha value is -1.84. The molecule has 0 aliphatic carbocycles. The molecule has 134 valence electrons. The Morgan fingerprint density at radius 2 is 1.64 bits per heavy atom. The zero-order chi connectivity index (χ0) is 16.8. The lowest BCUT2D eigenvalue weighted by Crippen LogP contribution is -2.31. The first-order valence-electron chi connectivity index (χ1n) is 8.80. The molecule has 1 heterocycles. The molecule has 4 heteroatoms. The van der Waals surface area contributed by atoms with E-state index in [4.69, 9.17) is 0 Å². The van der Waals surface area contributed by atoms with Gasteiger partial charge in [0.1, 0.15) is 0 Å². The van der Waals surface area contributed by atoms with E-state index in [1.165, 1.54) is 11.1 Å². The predicted molar refractivity (Wildman–Crippen MR) is 105 cm³/mol. The van der Waals surface area contributed by atoms with Gasteiger partial charge < -0.3 is 10.2 Å². The number of rotatable bonds is 6. The molecule has 1 aliphatic heterocycles. The number of benzene rings is 2. The van der Waals surface area contributed by atoms with Crippen LogP contribution in [-0.4, -0.2) is 37.5 Å². The fraction of sp³-hybridized carbons (Fsp3) is 0.381. The predicted octanol–water partition coefficient (Wildman–Crippen LogP) is 3.70. The molecule has 3 rings (SSSR count). The van der Waals surface area contributed by atoms with Crippen LogP contribution < -0.4 is 5.32 Å². The van der Waals surface area contributed by atoms with Gasteiger partial charge in [-0.15, -0.1) is 12.4 Å². The SMILES string of the molecule is CNCC1CCN(C(=O)CC(c2ccccc2)c2ccccc2)C1.Cl. The molecule has 0 spiro atoms. The zero-order valence-electron chi connectivity index (χ0n) is 14.7. The van der Waals surface area contributed by atoms with E-state index in [2.05, 4.69) is 53.8 Å². The van der Waals surface area contributed by atoms with Crippen molar-refractivity contribution >= 4 is 18.3 Å². The van der Waals surface area contributed by atoms with Crippen LogP contribution in [0.25, 0.3) is 0 Å².